The standard InChI is InChI=1S/C41H48Cl2N6O4/c1-3-29(2)39-16-17-40(50)49(28-46-39)34-9-7-32(8-10-34)47-19-21-48(22-20-47)33-11-13-35(14-12-33)51-25-36-26-52-41(53-36,24-31-5-4-18-44-27-45-31)37-15-6-30(42)23-38(37)43/h6-15,18,23,27-29,31,36,39H,3-5,16-17,19-22,24-26H2,1-2H3/t29?,31?,36-,39?,41-/m0/s1. The molecular formula is C41H48Cl2N6O4. The molecule has 2 saturated heterocycles. The minimum atomic E-state index is -1.06. The number of ether oxygens (including phenoxy) is 3. The molecule has 3 unspecified atom stereocenters. The maximum absolute atomic E-state index is 12.9. The molecule has 0 saturated carbocycles. The fourth-order valence-electron chi connectivity index (χ4n) is 7.45. The summed E-state index contributed by atoms with van der Waals surface area (Å²) in [6.07, 6.45) is 9.49. The Balaban J connectivity index is 0.913. The Labute approximate surface area is 322 Å². The van der Waals surface area contributed by atoms with Crippen molar-refractivity contribution in [2.45, 2.75) is 76.3 Å². The van der Waals surface area contributed by atoms with Gasteiger partial charge in [-0.05, 0) is 85.8 Å². The summed E-state index contributed by atoms with van der Waals surface area (Å²) < 4.78 is 19.3. The van der Waals surface area contributed by atoms with Gasteiger partial charge in [0.2, 0.25) is 5.91 Å². The van der Waals surface area contributed by atoms with E-state index in [0.717, 1.165) is 80.2 Å². The van der Waals surface area contributed by atoms with Gasteiger partial charge in [0.25, 0.3) is 0 Å². The Morgan fingerprint density at radius 1 is 0.925 bits per heavy atom. The molecule has 2 fully saturated rings. The van der Waals surface area contributed by atoms with Crippen LogP contribution < -0.4 is 19.4 Å². The quantitative estimate of drug-likeness (QED) is 0.196. The SMILES string of the molecule is CCC(C)C1CCC(=O)N(c2ccc(N3CCN(c4ccc(OC[C@H]5CO[C@](CC6CCC=NC=N6)(c6ccc(Cl)cc6Cl)O5)cc4)CC3)cc2)C=N1. The lowest BCUT2D eigenvalue weighted by Gasteiger charge is -2.37. The van der Waals surface area contributed by atoms with Crippen molar-refractivity contribution in [3.8, 4) is 5.75 Å². The number of hydrogen-bond donors (Lipinski definition) is 0. The van der Waals surface area contributed by atoms with Crippen LogP contribution in [0, 0.1) is 5.92 Å². The van der Waals surface area contributed by atoms with Gasteiger partial charge < -0.3 is 24.0 Å². The highest BCUT2D eigenvalue weighted by Gasteiger charge is 2.46. The molecule has 0 aliphatic carbocycles. The molecule has 5 atom stereocenters. The van der Waals surface area contributed by atoms with E-state index in [0.29, 0.717) is 42.0 Å². The number of amides is 1. The highest BCUT2D eigenvalue weighted by atomic mass is 35.5. The zero-order valence-corrected chi connectivity index (χ0v) is 32.0. The number of rotatable bonds is 11. The topological polar surface area (TPSA) is 91.6 Å². The first-order valence-corrected chi connectivity index (χ1v) is 19.5. The summed E-state index contributed by atoms with van der Waals surface area (Å²) in [6.45, 7) is 8.67. The molecule has 53 heavy (non-hydrogen) atoms. The Bertz CT molecular complexity index is 1800. The van der Waals surface area contributed by atoms with Gasteiger partial charge in [0.1, 0.15) is 24.8 Å². The lowest BCUT2D eigenvalue weighted by Crippen LogP contribution is -2.46. The molecule has 0 bridgehead atoms. The van der Waals surface area contributed by atoms with Gasteiger partial charge in [-0.3, -0.25) is 19.7 Å². The first kappa shape index (κ1) is 37.4. The second-order valence-electron chi connectivity index (χ2n) is 14.3. The first-order valence-electron chi connectivity index (χ1n) is 18.8. The summed E-state index contributed by atoms with van der Waals surface area (Å²) in [5.74, 6) is 0.281. The number of aliphatic imine (C=N–C) groups is 3. The van der Waals surface area contributed by atoms with Crippen molar-refractivity contribution < 1.29 is 19.0 Å². The lowest BCUT2D eigenvalue weighted by molar-refractivity contribution is -0.187. The van der Waals surface area contributed by atoms with E-state index in [1.807, 2.05) is 36.5 Å². The largest absolute Gasteiger partial charge is 0.491 e. The van der Waals surface area contributed by atoms with Gasteiger partial charge in [-0.25, -0.2) is 4.99 Å². The van der Waals surface area contributed by atoms with Crippen molar-refractivity contribution in [1.82, 2.24) is 0 Å². The number of halogens is 2. The number of carbonyl (C=O) groups is 1. The van der Waals surface area contributed by atoms with Crippen LogP contribution >= 0.6 is 23.2 Å². The van der Waals surface area contributed by atoms with Crippen LogP contribution in [0.1, 0.15) is 57.9 Å². The molecule has 4 aliphatic heterocycles. The Hall–Kier alpha value is -3.96. The van der Waals surface area contributed by atoms with Crippen LogP contribution in [0.25, 0.3) is 0 Å². The third kappa shape index (κ3) is 8.89. The zero-order valence-electron chi connectivity index (χ0n) is 30.4. The molecule has 0 aromatic heterocycles. The lowest BCUT2D eigenvalue weighted by atomic mass is 9.95. The highest BCUT2D eigenvalue weighted by molar-refractivity contribution is 6.35. The molecule has 3 aromatic rings. The highest BCUT2D eigenvalue weighted by Crippen LogP contribution is 2.43. The number of benzene rings is 3. The van der Waals surface area contributed by atoms with Gasteiger partial charge in [0.05, 0.1) is 30.1 Å². The second kappa shape index (κ2) is 17.0. The first-order chi connectivity index (χ1) is 25.8. The molecule has 12 heteroatoms. The zero-order chi connectivity index (χ0) is 36.8. The van der Waals surface area contributed by atoms with Crippen molar-refractivity contribution in [2.75, 3.05) is 54.1 Å². The second-order valence-corrected chi connectivity index (χ2v) is 15.1. The van der Waals surface area contributed by atoms with Crippen molar-refractivity contribution in [3.05, 3.63) is 82.3 Å². The van der Waals surface area contributed by atoms with Crippen LogP contribution in [-0.2, 0) is 20.1 Å². The van der Waals surface area contributed by atoms with Crippen molar-refractivity contribution in [2.24, 2.45) is 20.9 Å². The number of anilines is 3. The van der Waals surface area contributed by atoms with E-state index in [1.54, 1.807) is 29.7 Å². The molecule has 1 amide bonds. The third-order valence-electron chi connectivity index (χ3n) is 10.8. The fourth-order valence-corrected chi connectivity index (χ4v) is 8.00. The van der Waals surface area contributed by atoms with E-state index in [9.17, 15) is 4.79 Å². The van der Waals surface area contributed by atoms with Crippen LogP contribution in [0.15, 0.2) is 81.7 Å². The van der Waals surface area contributed by atoms with Crippen molar-refractivity contribution >= 4 is 65.1 Å². The van der Waals surface area contributed by atoms with Crippen molar-refractivity contribution in [1.29, 1.82) is 0 Å². The van der Waals surface area contributed by atoms with E-state index in [4.69, 9.17) is 42.4 Å². The smallest absolute Gasteiger partial charge is 0.232 e. The maximum atomic E-state index is 12.9. The molecule has 3 aromatic carbocycles. The van der Waals surface area contributed by atoms with E-state index in [1.165, 1.54) is 0 Å². The average Bonchev–Trinajstić information content (AvgIpc) is 3.29. The fraction of sp³-hybridized carbons (Fsp3) is 0.463. The van der Waals surface area contributed by atoms with Gasteiger partial charge >= 0.3 is 0 Å². The number of hydrogen-bond acceptors (Lipinski definition) is 9. The Morgan fingerprint density at radius 3 is 2.32 bits per heavy atom. The van der Waals surface area contributed by atoms with Crippen LogP contribution in [0.5, 0.6) is 5.75 Å². The third-order valence-corrected chi connectivity index (χ3v) is 11.3. The molecule has 0 N–H and O–H groups in total. The van der Waals surface area contributed by atoms with Crippen molar-refractivity contribution in [3.63, 3.8) is 0 Å². The molecule has 7 rings (SSSR count). The summed E-state index contributed by atoms with van der Waals surface area (Å²) in [5.41, 5.74) is 3.92. The Morgan fingerprint density at radius 2 is 1.62 bits per heavy atom. The molecule has 4 aliphatic rings. The van der Waals surface area contributed by atoms with E-state index in [2.05, 4.69) is 57.9 Å². The molecule has 0 radical (unpaired) electrons. The normalized spacial score (nSPS) is 25.4. The molecular weight excluding hydrogens is 711 g/mol. The van der Waals surface area contributed by atoms with E-state index in [-0.39, 0.29) is 24.1 Å². The summed E-state index contributed by atoms with van der Waals surface area (Å²) in [5, 5.41) is 1.05. The minimum absolute atomic E-state index is 0.0295. The van der Waals surface area contributed by atoms with Crippen LogP contribution in [-0.4, -0.2) is 82.4 Å². The predicted octanol–water partition coefficient (Wildman–Crippen LogP) is 8.19. The van der Waals surface area contributed by atoms with Gasteiger partial charge in [-0.1, -0.05) is 49.5 Å². The number of carbonyl (C=O) groups excluding carboxylic acids is 1. The predicted molar refractivity (Wildman–Crippen MR) is 215 cm³/mol. The van der Waals surface area contributed by atoms with Gasteiger partial charge in [0, 0.05) is 72.9 Å². The monoisotopic (exact) mass is 758 g/mol. The summed E-state index contributed by atoms with van der Waals surface area (Å²) in [6, 6.07) is 22.1. The molecule has 4 heterocycles. The van der Waals surface area contributed by atoms with E-state index >= 15 is 0 Å². The maximum Gasteiger partial charge on any atom is 0.232 e. The summed E-state index contributed by atoms with van der Waals surface area (Å²) in [7, 11) is 0. The van der Waals surface area contributed by atoms with Gasteiger partial charge in [0.15, 0.2) is 5.79 Å². The van der Waals surface area contributed by atoms with E-state index < -0.39 is 5.79 Å². The van der Waals surface area contributed by atoms with Crippen LogP contribution in [0.2, 0.25) is 10.0 Å². The summed E-state index contributed by atoms with van der Waals surface area (Å²) in [4.78, 5) is 33.0. The summed E-state index contributed by atoms with van der Waals surface area (Å²) >= 11 is 12.9. The van der Waals surface area contributed by atoms with Gasteiger partial charge in [-0.2, -0.15) is 0 Å². The molecule has 280 valence electrons. The molecule has 0 spiro atoms. The number of piperazine rings is 1. The molecule has 10 nitrogen and oxygen atoms in total. The van der Waals surface area contributed by atoms with Crippen LogP contribution in [0.3, 0.4) is 0 Å². The van der Waals surface area contributed by atoms with Gasteiger partial charge in [-0.15, -0.1) is 0 Å². The average molecular weight is 760 g/mol. The Kier molecular flexibility index (Phi) is 12.0. The minimum Gasteiger partial charge on any atom is -0.491 e. The van der Waals surface area contributed by atoms with Crippen LogP contribution in [0.4, 0.5) is 17.1 Å². The number of nitrogens with zero attached hydrogens (tertiary/aromatic N) is 6.